The van der Waals surface area contributed by atoms with E-state index in [1.165, 1.54) is 0 Å². The first-order valence-corrected chi connectivity index (χ1v) is 12.8. The van der Waals surface area contributed by atoms with E-state index in [2.05, 4.69) is 10.7 Å². The highest BCUT2D eigenvalue weighted by molar-refractivity contribution is 7.18. The number of aromatic nitrogens is 1. The van der Waals surface area contributed by atoms with Crippen LogP contribution in [0.15, 0.2) is 24.3 Å². The van der Waals surface area contributed by atoms with E-state index < -0.39 is 36.0 Å². The van der Waals surface area contributed by atoms with Gasteiger partial charge in [0.2, 0.25) is 0 Å². The molecule has 1 aromatic heterocycles. The number of imide groups is 1. The van der Waals surface area contributed by atoms with Crippen LogP contribution in [0.25, 0.3) is 10.2 Å². The predicted octanol–water partition coefficient (Wildman–Crippen LogP) is 3.40. The van der Waals surface area contributed by atoms with Gasteiger partial charge in [-0.1, -0.05) is 44.2 Å². The van der Waals surface area contributed by atoms with Crippen molar-refractivity contribution in [2.45, 2.75) is 69.2 Å². The van der Waals surface area contributed by atoms with Crippen molar-refractivity contribution in [3.05, 3.63) is 29.3 Å². The average molecular weight is 485 g/mol. The van der Waals surface area contributed by atoms with Gasteiger partial charge in [0, 0.05) is 5.92 Å². The molecule has 3 fully saturated rings. The zero-order valence-electron chi connectivity index (χ0n) is 18.9. The van der Waals surface area contributed by atoms with Crippen LogP contribution in [0, 0.1) is 5.92 Å². The molecule has 0 unspecified atom stereocenters. The lowest BCUT2D eigenvalue weighted by Crippen LogP contribution is -2.51. The van der Waals surface area contributed by atoms with Gasteiger partial charge in [0.15, 0.2) is 6.61 Å². The van der Waals surface area contributed by atoms with Gasteiger partial charge in [0.1, 0.15) is 5.54 Å². The van der Waals surface area contributed by atoms with E-state index in [4.69, 9.17) is 9.72 Å². The SMILES string of the molecule is O=C(COC(=O)[C@H]1CCCC[C@H]1c1nc2ccccc2s1)NN1C(=O)NC2(CCCCC2)C1=O. The molecule has 2 atom stereocenters. The van der Waals surface area contributed by atoms with E-state index in [-0.39, 0.29) is 11.8 Å². The van der Waals surface area contributed by atoms with Gasteiger partial charge in [-0.2, -0.15) is 5.01 Å². The van der Waals surface area contributed by atoms with Crippen molar-refractivity contribution in [1.82, 2.24) is 20.7 Å². The zero-order valence-corrected chi connectivity index (χ0v) is 19.7. The number of fused-ring (bicyclic) bond motifs is 1. The highest BCUT2D eigenvalue weighted by Crippen LogP contribution is 2.41. The maximum absolute atomic E-state index is 12.9. The number of hydrazine groups is 1. The lowest BCUT2D eigenvalue weighted by atomic mass is 9.79. The Hall–Kier alpha value is -3.01. The molecule has 2 aromatic rings. The Bertz CT molecular complexity index is 1090. The number of hydrogen-bond donors (Lipinski definition) is 2. The summed E-state index contributed by atoms with van der Waals surface area (Å²) < 4.78 is 6.43. The summed E-state index contributed by atoms with van der Waals surface area (Å²) in [6, 6.07) is 7.25. The number of thiazole rings is 1. The Balaban J connectivity index is 1.19. The highest BCUT2D eigenvalue weighted by Gasteiger charge is 2.52. The molecular formula is C24H28N4O5S. The average Bonchev–Trinajstić information content (AvgIpc) is 3.38. The number of benzene rings is 1. The summed E-state index contributed by atoms with van der Waals surface area (Å²) in [6.07, 6.45) is 7.29. The van der Waals surface area contributed by atoms with Crippen molar-refractivity contribution >= 4 is 45.4 Å². The minimum atomic E-state index is -0.925. The maximum Gasteiger partial charge on any atom is 0.344 e. The van der Waals surface area contributed by atoms with Gasteiger partial charge in [0.25, 0.3) is 11.8 Å². The topological polar surface area (TPSA) is 118 Å². The number of nitrogens with one attached hydrogen (secondary N) is 2. The molecule has 2 heterocycles. The second-order valence-electron chi connectivity index (χ2n) is 9.37. The minimum Gasteiger partial charge on any atom is -0.455 e. The fourth-order valence-electron chi connectivity index (χ4n) is 5.37. The number of nitrogens with zero attached hydrogens (tertiary/aromatic N) is 2. The molecule has 1 aromatic carbocycles. The van der Waals surface area contributed by atoms with E-state index in [0.717, 1.165) is 58.8 Å². The number of para-hydroxylation sites is 1. The monoisotopic (exact) mass is 484 g/mol. The van der Waals surface area contributed by atoms with Gasteiger partial charge >= 0.3 is 12.0 Å². The number of carbonyl (C=O) groups excluding carboxylic acids is 4. The van der Waals surface area contributed by atoms with Crippen LogP contribution in [0.4, 0.5) is 4.79 Å². The molecule has 1 saturated heterocycles. The van der Waals surface area contributed by atoms with E-state index in [1.807, 2.05) is 24.3 Å². The third-order valence-corrected chi connectivity index (χ3v) is 8.32. The van der Waals surface area contributed by atoms with Gasteiger partial charge in [-0.05, 0) is 37.8 Å². The summed E-state index contributed by atoms with van der Waals surface area (Å²) >= 11 is 1.59. The fourth-order valence-corrected chi connectivity index (χ4v) is 6.54. The van der Waals surface area contributed by atoms with Crippen LogP contribution in [0.1, 0.15) is 68.7 Å². The number of rotatable bonds is 5. The van der Waals surface area contributed by atoms with Gasteiger partial charge in [-0.3, -0.25) is 19.8 Å². The number of amides is 4. The molecule has 10 heteroatoms. The summed E-state index contributed by atoms with van der Waals surface area (Å²) in [6.45, 7) is -0.550. The van der Waals surface area contributed by atoms with Crippen molar-refractivity contribution in [3.8, 4) is 0 Å². The Morgan fingerprint density at radius 3 is 2.68 bits per heavy atom. The van der Waals surface area contributed by atoms with Crippen LogP contribution in [-0.2, 0) is 19.1 Å². The number of esters is 1. The summed E-state index contributed by atoms with van der Waals surface area (Å²) in [5.74, 6) is -2.01. The molecule has 5 rings (SSSR count). The summed E-state index contributed by atoms with van der Waals surface area (Å²) in [4.78, 5) is 55.2. The molecule has 1 spiro atoms. The van der Waals surface area contributed by atoms with Gasteiger partial charge in [-0.25, -0.2) is 9.78 Å². The van der Waals surface area contributed by atoms with E-state index >= 15 is 0 Å². The Morgan fingerprint density at radius 2 is 1.88 bits per heavy atom. The lowest BCUT2D eigenvalue weighted by molar-refractivity contribution is -0.155. The normalized spacial score (nSPS) is 24.3. The van der Waals surface area contributed by atoms with Crippen molar-refractivity contribution < 1.29 is 23.9 Å². The fraction of sp³-hybridized carbons (Fsp3) is 0.542. The molecule has 0 radical (unpaired) electrons. The number of ether oxygens (including phenoxy) is 1. The van der Waals surface area contributed by atoms with Crippen LogP contribution in [0.5, 0.6) is 0 Å². The number of hydrogen-bond acceptors (Lipinski definition) is 7. The first-order valence-electron chi connectivity index (χ1n) is 12.0. The first-order chi connectivity index (χ1) is 16.5. The third kappa shape index (κ3) is 4.26. The van der Waals surface area contributed by atoms with Crippen molar-refractivity contribution in [3.63, 3.8) is 0 Å². The lowest BCUT2D eigenvalue weighted by Gasteiger charge is -2.30. The Morgan fingerprint density at radius 1 is 1.12 bits per heavy atom. The largest absolute Gasteiger partial charge is 0.455 e. The summed E-state index contributed by atoms with van der Waals surface area (Å²) in [5.41, 5.74) is 2.31. The van der Waals surface area contributed by atoms with E-state index in [0.29, 0.717) is 19.3 Å². The third-order valence-electron chi connectivity index (χ3n) is 7.15. The molecule has 180 valence electrons. The van der Waals surface area contributed by atoms with E-state index in [9.17, 15) is 19.2 Å². The van der Waals surface area contributed by atoms with Crippen LogP contribution in [0.3, 0.4) is 0 Å². The molecular weight excluding hydrogens is 456 g/mol. The maximum atomic E-state index is 12.9. The van der Waals surface area contributed by atoms with E-state index in [1.54, 1.807) is 11.3 Å². The molecule has 2 aliphatic carbocycles. The molecule has 1 aliphatic heterocycles. The number of urea groups is 1. The van der Waals surface area contributed by atoms with Gasteiger partial charge < -0.3 is 10.1 Å². The van der Waals surface area contributed by atoms with Crippen molar-refractivity contribution in [2.75, 3.05) is 6.61 Å². The van der Waals surface area contributed by atoms with Crippen LogP contribution in [0.2, 0.25) is 0 Å². The molecule has 2 N–H and O–H groups in total. The van der Waals surface area contributed by atoms with Gasteiger partial charge in [-0.15, -0.1) is 11.3 Å². The number of carbonyl (C=O) groups is 4. The van der Waals surface area contributed by atoms with Crippen molar-refractivity contribution in [1.29, 1.82) is 0 Å². The second kappa shape index (κ2) is 9.32. The quantitative estimate of drug-likeness (QED) is 0.496. The molecule has 0 bridgehead atoms. The summed E-state index contributed by atoms with van der Waals surface area (Å²) in [7, 11) is 0. The van der Waals surface area contributed by atoms with Crippen molar-refractivity contribution in [2.24, 2.45) is 5.92 Å². The smallest absolute Gasteiger partial charge is 0.344 e. The second-order valence-corrected chi connectivity index (χ2v) is 10.4. The highest BCUT2D eigenvalue weighted by atomic mass is 32.1. The molecule has 4 amide bonds. The van der Waals surface area contributed by atoms with Crippen LogP contribution >= 0.6 is 11.3 Å². The Kier molecular flexibility index (Phi) is 6.24. The summed E-state index contributed by atoms with van der Waals surface area (Å²) in [5, 5.41) is 4.38. The zero-order chi connectivity index (χ0) is 23.7. The van der Waals surface area contributed by atoms with Crippen LogP contribution < -0.4 is 10.7 Å². The molecule has 9 nitrogen and oxygen atoms in total. The minimum absolute atomic E-state index is 0.0428. The molecule has 34 heavy (non-hydrogen) atoms. The molecule has 2 saturated carbocycles. The van der Waals surface area contributed by atoms with Crippen LogP contribution in [-0.4, -0.2) is 46.0 Å². The standard InChI is InChI=1S/C24H28N4O5S/c29-19(27-28-22(31)24(26-23(28)32)12-6-1-7-13-24)14-33-21(30)16-9-3-2-8-15(16)20-25-17-10-4-5-11-18(17)34-20/h4-5,10-11,15-16H,1-3,6-9,12-14H2,(H,26,32)(H,27,29)/t15-,16+/m1/s1. The predicted molar refractivity (Wildman–Crippen MR) is 125 cm³/mol. The first kappa shape index (κ1) is 22.8. The Labute approximate surface area is 201 Å². The van der Waals surface area contributed by atoms with Gasteiger partial charge in [0.05, 0.1) is 21.1 Å². The molecule has 3 aliphatic rings.